The summed E-state index contributed by atoms with van der Waals surface area (Å²) in [6.45, 7) is 2.78. The minimum absolute atomic E-state index is 0.0916. The van der Waals surface area contributed by atoms with Crippen molar-refractivity contribution in [2.75, 3.05) is 6.54 Å². The molecule has 3 nitrogen and oxygen atoms in total. The van der Waals surface area contributed by atoms with Gasteiger partial charge in [0, 0.05) is 18.2 Å². The first-order valence-corrected chi connectivity index (χ1v) is 6.57. The molecule has 0 radical (unpaired) electrons. The number of amides is 1. The van der Waals surface area contributed by atoms with E-state index in [0.717, 1.165) is 19.4 Å². The lowest BCUT2D eigenvalue weighted by atomic mass is 10.1. The number of rotatable bonds is 3. The molecule has 1 amide bonds. The topological polar surface area (TPSA) is 44.1 Å². The van der Waals surface area contributed by atoms with Crippen LogP contribution < -0.4 is 0 Å². The van der Waals surface area contributed by atoms with Gasteiger partial charge in [-0.2, -0.15) is 5.26 Å². The van der Waals surface area contributed by atoms with Crippen LogP contribution in [-0.2, 0) is 0 Å². The highest BCUT2D eigenvalue weighted by Gasteiger charge is 2.25. The fraction of sp³-hybridized carbons (Fsp3) is 0.467. The molecule has 0 saturated heterocycles. The summed E-state index contributed by atoms with van der Waals surface area (Å²) >= 11 is 0. The van der Waals surface area contributed by atoms with E-state index in [1.165, 1.54) is 12.8 Å². The molecule has 0 aliphatic heterocycles. The molecule has 3 heteroatoms. The smallest absolute Gasteiger partial charge is 0.254 e. The number of hydrogen-bond donors (Lipinski definition) is 0. The van der Waals surface area contributed by atoms with Gasteiger partial charge in [-0.3, -0.25) is 4.79 Å². The van der Waals surface area contributed by atoms with Crippen molar-refractivity contribution >= 4 is 5.91 Å². The van der Waals surface area contributed by atoms with Crippen LogP contribution in [0, 0.1) is 11.3 Å². The maximum Gasteiger partial charge on any atom is 0.254 e. The van der Waals surface area contributed by atoms with Crippen molar-refractivity contribution < 1.29 is 4.79 Å². The minimum atomic E-state index is 0.0916. The maximum atomic E-state index is 12.4. The molecule has 94 valence electrons. The summed E-state index contributed by atoms with van der Waals surface area (Å²) in [5.74, 6) is 0.0916. The van der Waals surface area contributed by atoms with E-state index in [9.17, 15) is 4.79 Å². The first kappa shape index (κ1) is 12.6. The van der Waals surface area contributed by atoms with Crippen LogP contribution in [0.25, 0.3) is 0 Å². The second-order valence-electron chi connectivity index (χ2n) is 4.72. The predicted molar refractivity (Wildman–Crippen MR) is 70.1 cm³/mol. The highest BCUT2D eigenvalue weighted by molar-refractivity contribution is 5.94. The second-order valence-corrected chi connectivity index (χ2v) is 4.72. The quantitative estimate of drug-likeness (QED) is 0.818. The van der Waals surface area contributed by atoms with E-state index in [4.69, 9.17) is 5.26 Å². The Balaban J connectivity index is 2.15. The Morgan fingerprint density at radius 3 is 2.44 bits per heavy atom. The van der Waals surface area contributed by atoms with E-state index in [2.05, 4.69) is 6.07 Å². The largest absolute Gasteiger partial charge is 0.336 e. The average Bonchev–Trinajstić information content (AvgIpc) is 2.93. The van der Waals surface area contributed by atoms with E-state index < -0.39 is 0 Å². The number of carbonyl (C=O) groups excluding carboxylic acids is 1. The summed E-state index contributed by atoms with van der Waals surface area (Å²) in [5, 5.41) is 8.75. The molecule has 1 saturated carbocycles. The lowest BCUT2D eigenvalue weighted by Crippen LogP contribution is -2.38. The van der Waals surface area contributed by atoms with Gasteiger partial charge in [-0.25, -0.2) is 0 Å². The molecule has 1 aromatic carbocycles. The number of carbonyl (C=O) groups is 1. The summed E-state index contributed by atoms with van der Waals surface area (Å²) in [7, 11) is 0. The third-order valence-electron chi connectivity index (χ3n) is 3.63. The highest BCUT2D eigenvalue weighted by atomic mass is 16.2. The molecule has 1 aliphatic rings. The Kier molecular flexibility index (Phi) is 3.99. The van der Waals surface area contributed by atoms with E-state index in [0.29, 0.717) is 17.2 Å². The molecule has 0 atom stereocenters. The van der Waals surface area contributed by atoms with Gasteiger partial charge in [0.2, 0.25) is 0 Å². The van der Waals surface area contributed by atoms with Crippen molar-refractivity contribution in [1.82, 2.24) is 4.90 Å². The van der Waals surface area contributed by atoms with Gasteiger partial charge in [-0.15, -0.1) is 0 Å². The molecular weight excluding hydrogens is 224 g/mol. The van der Waals surface area contributed by atoms with E-state index in [1.54, 1.807) is 24.3 Å². The van der Waals surface area contributed by atoms with Crippen LogP contribution in [0.15, 0.2) is 24.3 Å². The molecule has 18 heavy (non-hydrogen) atoms. The SMILES string of the molecule is CCN(C(=O)c1ccc(C#N)cc1)C1CCCC1. The van der Waals surface area contributed by atoms with Crippen LogP contribution in [0.5, 0.6) is 0 Å². The first-order valence-electron chi connectivity index (χ1n) is 6.57. The Bertz CT molecular complexity index is 452. The molecule has 1 fully saturated rings. The third kappa shape index (κ3) is 2.53. The standard InChI is InChI=1S/C15H18N2O/c1-2-17(14-5-3-4-6-14)15(18)13-9-7-12(11-16)8-10-13/h7-10,14H,2-6H2,1H3. The van der Waals surface area contributed by atoms with E-state index in [1.807, 2.05) is 11.8 Å². The van der Waals surface area contributed by atoms with E-state index in [-0.39, 0.29) is 5.91 Å². The van der Waals surface area contributed by atoms with Gasteiger partial charge in [0.15, 0.2) is 0 Å². The maximum absolute atomic E-state index is 12.4. The summed E-state index contributed by atoms with van der Waals surface area (Å²) in [6, 6.07) is 9.37. The Hall–Kier alpha value is -1.82. The van der Waals surface area contributed by atoms with Crippen molar-refractivity contribution in [3.05, 3.63) is 35.4 Å². The summed E-state index contributed by atoms with van der Waals surface area (Å²) in [6.07, 6.45) is 4.69. The molecule has 0 N–H and O–H groups in total. The van der Waals surface area contributed by atoms with Crippen molar-refractivity contribution in [1.29, 1.82) is 5.26 Å². The van der Waals surface area contributed by atoms with Gasteiger partial charge >= 0.3 is 0 Å². The average molecular weight is 242 g/mol. The number of hydrogen-bond acceptors (Lipinski definition) is 2. The zero-order chi connectivity index (χ0) is 13.0. The fourth-order valence-electron chi connectivity index (χ4n) is 2.64. The first-order chi connectivity index (χ1) is 8.76. The molecule has 1 aromatic rings. The van der Waals surface area contributed by atoms with Crippen LogP contribution >= 0.6 is 0 Å². The molecule has 1 aliphatic carbocycles. The van der Waals surface area contributed by atoms with Crippen molar-refractivity contribution in [3.8, 4) is 6.07 Å². The van der Waals surface area contributed by atoms with Gasteiger partial charge in [-0.05, 0) is 44.0 Å². The zero-order valence-electron chi connectivity index (χ0n) is 10.7. The van der Waals surface area contributed by atoms with Crippen molar-refractivity contribution in [2.45, 2.75) is 38.6 Å². The van der Waals surface area contributed by atoms with Gasteiger partial charge in [-0.1, -0.05) is 12.8 Å². The van der Waals surface area contributed by atoms with Crippen LogP contribution in [0.1, 0.15) is 48.5 Å². The highest BCUT2D eigenvalue weighted by Crippen LogP contribution is 2.24. The normalized spacial score (nSPS) is 15.3. The van der Waals surface area contributed by atoms with Gasteiger partial charge in [0.1, 0.15) is 0 Å². The number of nitrogens with zero attached hydrogens (tertiary/aromatic N) is 2. The summed E-state index contributed by atoms with van der Waals surface area (Å²) in [5.41, 5.74) is 1.28. The molecule has 0 heterocycles. The molecule has 0 spiro atoms. The Morgan fingerprint density at radius 2 is 1.94 bits per heavy atom. The lowest BCUT2D eigenvalue weighted by molar-refractivity contribution is 0.0693. The second kappa shape index (κ2) is 5.68. The molecule has 0 bridgehead atoms. The predicted octanol–water partition coefficient (Wildman–Crippen LogP) is 2.96. The fourth-order valence-corrected chi connectivity index (χ4v) is 2.64. The summed E-state index contributed by atoms with van der Waals surface area (Å²) in [4.78, 5) is 14.4. The van der Waals surface area contributed by atoms with Gasteiger partial charge < -0.3 is 4.90 Å². The molecule has 0 aromatic heterocycles. The van der Waals surface area contributed by atoms with Crippen LogP contribution in [0.2, 0.25) is 0 Å². The zero-order valence-corrected chi connectivity index (χ0v) is 10.7. The van der Waals surface area contributed by atoms with Gasteiger partial charge in [0.05, 0.1) is 11.6 Å². The van der Waals surface area contributed by atoms with Crippen LogP contribution in [0.4, 0.5) is 0 Å². The van der Waals surface area contributed by atoms with E-state index >= 15 is 0 Å². The number of nitriles is 1. The monoisotopic (exact) mass is 242 g/mol. The summed E-state index contributed by atoms with van der Waals surface area (Å²) < 4.78 is 0. The van der Waals surface area contributed by atoms with Crippen molar-refractivity contribution in [2.24, 2.45) is 0 Å². The minimum Gasteiger partial charge on any atom is -0.336 e. The molecular formula is C15H18N2O. The lowest BCUT2D eigenvalue weighted by Gasteiger charge is -2.27. The Morgan fingerprint density at radius 1 is 1.33 bits per heavy atom. The third-order valence-corrected chi connectivity index (χ3v) is 3.63. The van der Waals surface area contributed by atoms with Crippen LogP contribution in [0.3, 0.4) is 0 Å². The van der Waals surface area contributed by atoms with Gasteiger partial charge in [0.25, 0.3) is 5.91 Å². The number of benzene rings is 1. The Labute approximate surface area is 108 Å². The van der Waals surface area contributed by atoms with Crippen LogP contribution in [-0.4, -0.2) is 23.4 Å². The molecule has 0 unspecified atom stereocenters. The molecule has 2 rings (SSSR count). The van der Waals surface area contributed by atoms with Crippen molar-refractivity contribution in [3.63, 3.8) is 0 Å².